The lowest BCUT2D eigenvalue weighted by Crippen LogP contribution is -2.41. The minimum atomic E-state index is -0.183. The summed E-state index contributed by atoms with van der Waals surface area (Å²) in [6.45, 7) is 3.68. The molecule has 0 aliphatic heterocycles. The molecule has 0 spiro atoms. The highest BCUT2D eigenvalue weighted by atomic mass is 32.1. The fourth-order valence-corrected chi connectivity index (χ4v) is 3.59. The van der Waals surface area contributed by atoms with Gasteiger partial charge in [-0.3, -0.25) is 4.99 Å². The average molecular weight is 346 g/mol. The third-order valence-electron chi connectivity index (χ3n) is 4.43. The summed E-state index contributed by atoms with van der Waals surface area (Å²) in [5.41, 5.74) is 1.32. The molecule has 0 saturated heterocycles. The van der Waals surface area contributed by atoms with Crippen LogP contribution in [0.25, 0.3) is 0 Å². The largest absolute Gasteiger partial charge is 0.356 e. The van der Waals surface area contributed by atoms with Crippen LogP contribution in [0.3, 0.4) is 0 Å². The molecule has 1 aliphatic carbocycles. The van der Waals surface area contributed by atoms with Crippen LogP contribution in [0.2, 0.25) is 0 Å². The number of hydrogen-bond donors (Lipinski definition) is 2. The van der Waals surface area contributed by atoms with Gasteiger partial charge in [-0.05, 0) is 37.5 Å². The third kappa shape index (κ3) is 4.12. The molecule has 1 heterocycles. The lowest BCUT2D eigenvalue weighted by Gasteiger charge is -2.19. The predicted molar refractivity (Wildman–Crippen MR) is 97.2 cm³/mol. The molecule has 4 nitrogen and oxygen atoms in total. The summed E-state index contributed by atoms with van der Waals surface area (Å²) >= 11 is 1.73. The van der Waals surface area contributed by atoms with Gasteiger partial charge >= 0.3 is 0 Å². The van der Waals surface area contributed by atoms with Crippen molar-refractivity contribution in [1.82, 2.24) is 15.6 Å². The van der Waals surface area contributed by atoms with Gasteiger partial charge in [0.15, 0.2) is 5.96 Å². The van der Waals surface area contributed by atoms with Crippen LogP contribution in [0.4, 0.5) is 4.39 Å². The summed E-state index contributed by atoms with van der Waals surface area (Å²) in [6, 6.07) is 6.87. The van der Waals surface area contributed by atoms with Gasteiger partial charge in [-0.1, -0.05) is 12.1 Å². The topological polar surface area (TPSA) is 49.3 Å². The SMILES string of the molecule is CN=C(NCCc1ncc(C)s1)NCC1(c2ccc(F)cc2)CC1. The Morgan fingerprint density at radius 2 is 2.04 bits per heavy atom. The number of rotatable bonds is 6. The van der Waals surface area contributed by atoms with E-state index >= 15 is 0 Å². The zero-order chi connectivity index (χ0) is 17.0. The molecule has 24 heavy (non-hydrogen) atoms. The van der Waals surface area contributed by atoms with Crippen LogP contribution in [0.5, 0.6) is 0 Å². The highest BCUT2D eigenvalue weighted by Gasteiger charge is 2.44. The molecule has 1 saturated carbocycles. The number of benzene rings is 1. The van der Waals surface area contributed by atoms with Gasteiger partial charge in [-0.15, -0.1) is 11.3 Å². The third-order valence-corrected chi connectivity index (χ3v) is 5.40. The van der Waals surface area contributed by atoms with E-state index < -0.39 is 0 Å². The second-order valence-corrected chi connectivity index (χ2v) is 7.57. The van der Waals surface area contributed by atoms with E-state index in [0.717, 1.165) is 43.3 Å². The lowest BCUT2D eigenvalue weighted by atomic mass is 9.96. The van der Waals surface area contributed by atoms with E-state index in [2.05, 4.69) is 27.5 Å². The molecule has 0 amide bonds. The second-order valence-electron chi connectivity index (χ2n) is 6.25. The smallest absolute Gasteiger partial charge is 0.191 e. The molecule has 0 bridgehead atoms. The molecule has 2 aromatic rings. The molecule has 1 aliphatic rings. The summed E-state index contributed by atoms with van der Waals surface area (Å²) in [5.74, 6) is 0.620. The van der Waals surface area contributed by atoms with Gasteiger partial charge in [0.05, 0.1) is 5.01 Å². The first-order chi connectivity index (χ1) is 11.6. The molecule has 0 unspecified atom stereocenters. The Morgan fingerprint density at radius 3 is 2.62 bits per heavy atom. The Morgan fingerprint density at radius 1 is 1.29 bits per heavy atom. The fourth-order valence-electron chi connectivity index (χ4n) is 2.80. The number of nitrogens with zero attached hydrogens (tertiary/aromatic N) is 2. The summed E-state index contributed by atoms with van der Waals surface area (Å²) in [4.78, 5) is 9.89. The summed E-state index contributed by atoms with van der Waals surface area (Å²) in [7, 11) is 1.78. The highest BCUT2D eigenvalue weighted by molar-refractivity contribution is 7.11. The average Bonchev–Trinajstić information content (AvgIpc) is 3.26. The van der Waals surface area contributed by atoms with Crippen molar-refractivity contribution in [3.05, 3.63) is 51.7 Å². The second kappa shape index (κ2) is 7.30. The molecule has 0 radical (unpaired) electrons. The van der Waals surface area contributed by atoms with E-state index in [1.807, 2.05) is 18.3 Å². The van der Waals surface area contributed by atoms with E-state index in [1.165, 1.54) is 10.4 Å². The Bertz CT molecular complexity index is 704. The molecular formula is C18H23FN4S. The zero-order valence-corrected chi connectivity index (χ0v) is 14.9. The van der Waals surface area contributed by atoms with Crippen LogP contribution in [-0.4, -0.2) is 31.1 Å². The number of guanidine groups is 1. The molecule has 6 heteroatoms. The summed E-state index contributed by atoms with van der Waals surface area (Å²) in [5, 5.41) is 7.88. The molecule has 1 aromatic heterocycles. The number of aromatic nitrogens is 1. The number of aryl methyl sites for hydroxylation is 1. The van der Waals surface area contributed by atoms with E-state index in [4.69, 9.17) is 0 Å². The lowest BCUT2D eigenvalue weighted by molar-refractivity contribution is 0.617. The van der Waals surface area contributed by atoms with Crippen LogP contribution in [-0.2, 0) is 11.8 Å². The first-order valence-corrected chi connectivity index (χ1v) is 9.05. The Hall–Kier alpha value is -1.95. The van der Waals surface area contributed by atoms with Gasteiger partial charge in [-0.2, -0.15) is 0 Å². The Kier molecular flexibility index (Phi) is 5.14. The van der Waals surface area contributed by atoms with Crippen molar-refractivity contribution in [2.45, 2.75) is 31.6 Å². The predicted octanol–water partition coefficient (Wildman–Crippen LogP) is 3.03. The molecule has 0 atom stereocenters. The van der Waals surface area contributed by atoms with Crippen molar-refractivity contribution in [3.63, 3.8) is 0 Å². The van der Waals surface area contributed by atoms with Crippen molar-refractivity contribution in [3.8, 4) is 0 Å². The molecular weight excluding hydrogens is 323 g/mol. The van der Waals surface area contributed by atoms with E-state index in [9.17, 15) is 4.39 Å². The van der Waals surface area contributed by atoms with E-state index in [-0.39, 0.29) is 11.2 Å². The first-order valence-electron chi connectivity index (χ1n) is 8.23. The van der Waals surface area contributed by atoms with Crippen LogP contribution in [0.1, 0.15) is 28.3 Å². The van der Waals surface area contributed by atoms with Crippen LogP contribution in [0, 0.1) is 12.7 Å². The molecule has 3 rings (SSSR count). The van der Waals surface area contributed by atoms with Crippen molar-refractivity contribution in [1.29, 1.82) is 0 Å². The van der Waals surface area contributed by atoms with Crippen LogP contribution in [0.15, 0.2) is 35.5 Å². The molecule has 128 valence electrons. The zero-order valence-electron chi connectivity index (χ0n) is 14.1. The summed E-state index contributed by atoms with van der Waals surface area (Å²) < 4.78 is 13.1. The maximum atomic E-state index is 13.1. The Labute approximate surface area is 146 Å². The van der Waals surface area contributed by atoms with Crippen molar-refractivity contribution < 1.29 is 4.39 Å². The standard InChI is InChI=1S/C18H23FN4S/c1-13-11-22-16(24-13)7-10-21-17(20-2)23-12-18(8-9-18)14-3-5-15(19)6-4-14/h3-6,11H,7-10,12H2,1-2H3,(H2,20,21,23). The minimum absolute atomic E-state index is 0.123. The molecule has 1 fully saturated rings. The first kappa shape index (κ1) is 16.9. The number of nitrogens with one attached hydrogen (secondary N) is 2. The van der Waals surface area contributed by atoms with Gasteiger partial charge in [0.2, 0.25) is 0 Å². The quantitative estimate of drug-likeness (QED) is 0.624. The van der Waals surface area contributed by atoms with E-state index in [1.54, 1.807) is 30.5 Å². The maximum absolute atomic E-state index is 13.1. The number of thiazole rings is 1. The van der Waals surface area contributed by atoms with Crippen LogP contribution < -0.4 is 10.6 Å². The van der Waals surface area contributed by atoms with Gasteiger partial charge in [0.25, 0.3) is 0 Å². The van der Waals surface area contributed by atoms with Crippen molar-refractivity contribution in [2.24, 2.45) is 4.99 Å². The number of halogens is 1. The monoisotopic (exact) mass is 346 g/mol. The number of hydrogen-bond acceptors (Lipinski definition) is 3. The van der Waals surface area contributed by atoms with Crippen LogP contribution >= 0.6 is 11.3 Å². The van der Waals surface area contributed by atoms with Gasteiger partial charge < -0.3 is 10.6 Å². The van der Waals surface area contributed by atoms with Crippen molar-refractivity contribution in [2.75, 3.05) is 20.1 Å². The van der Waals surface area contributed by atoms with Crippen molar-refractivity contribution >= 4 is 17.3 Å². The molecule has 2 N–H and O–H groups in total. The number of aliphatic imine (C=N–C) groups is 1. The van der Waals surface area contributed by atoms with Gasteiger partial charge in [0.1, 0.15) is 5.82 Å². The highest BCUT2D eigenvalue weighted by Crippen LogP contribution is 2.47. The fraction of sp³-hybridized carbons (Fsp3) is 0.444. The summed E-state index contributed by atoms with van der Waals surface area (Å²) in [6.07, 6.45) is 5.05. The van der Waals surface area contributed by atoms with E-state index in [0.29, 0.717) is 0 Å². The van der Waals surface area contributed by atoms with Gasteiger partial charge in [-0.25, -0.2) is 9.37 Å². The van der Waals surface area contributed by atoms with Gasteiger partial charge in [0, 0.05) is 43.0 Å². The molecule has 1 aromatic carbocycles. The Balaban J connectivity index is 1.48. The maximum Gasteiger partial charge on any atom is 0.191 e. The normalized spacial score (nSPS) is 16.0. The minimum Gasteiger partial charge on any atom is -0.356 e.